The summed E-state index contributed by atoms with van der Waals surface area (Å²) in [5.74, 6) is 0.257. The Balaban J connectivity index is 1.63. The Hall–Kier alpha value is -2.32. The van der Waals surface area contributed by atoms with Gasteiger partial charge in [-0.25, -0.2) is 0 Å². The lowest BCUT2D eigenvalue weighted by Crippen LogP contribution is -2.14. The lowest BCUT2D eigenvalue weighted by molar-refractivity contribution is 0.0975. The summed E-state index contributed by atoms with van der Waals surface area (Å²) in [7, 11) is 0. The predicted molar refractivity (Wildman–Crippen MR) is 91.1 cm³/mol. The smallest absolute Gasteiger partial charge is 0.163 e. The van der Waals surface area contributed by atoms with Gasteiger partial charge in [0.2, 0.25) is 0 Å². The van der Waals surface area contributed by atoms with Crippen molar-refractivity contribution >= 4 is 23.1 Å². The van der Waals surface area contributed by atoms with Crippen LogP contribution in [0.5, 0.6) is 0 Å². The monoisotopic (exact) mass is 309 g/mol. The van der Waals surface area contributed by atoms with Crippen LogP contribution in [0.3, 0.4) is 0 Å². The van der Waals surface area contributed by atoms with Crippen LogP contribution < -0.4 is 4.90 Å². The zero-order valence-corrected chi connectivity index (χ0v) is 12.8. The Labute approximate surface area is 135 Å². The molecule has 0 saturated heterocycles. The molecule has 0 spiro atoms. The standard InChI is InChI=1S/C19H16ClNO/c20-17-8-6-16(7-9-17)19(22)14-15-10-12-21(13-11-15)18-4-2-1-3-5-18/h1-13,15H,14H2. The molecule has 2 nitrogen and oxygen atoms in total. The highest BCUT2D eigenvalue weighted by Gasteiger charge is 2.14. The number of hydrogen-bond acceptors (Lipinski definition) is 2. The first-order chi connectivity index (χ1) is 10.7. The lowest BCUT2D eigenvalue weighted by atomic mass is 9.97. The number of ketones is 1. The quantitative estimate of drug-likeness (QED) is 0.734. The predicted octanol–water partition coefficient (Wildman–Crippen LogP) is 5.08. The average Bonchev–Trinajstić information content (AvgIpc) is 2.57. The van der Waals surface area contributed by atoms with Gasteiger partial charge in [-0.05, 0) is 36.4 Å². The molecule has 22 heavy (non-hydrogen) atoms. The van der Waals surface area contributed by atoms with E-state index < -0.39 is 0 Å². The maximum atomic E-state index is 12.3. The molecule has 1 heterocycles. The van der Waals surface area contributed by atoms with Crippen molar-refractivity contribution in [3.63, 3.8) is 0 Å². The molecule has 1 aliphatic heterocycles. The molecule has 0 saturated carbocycles. The van der Waals surface area contributed by atoms with Gasteiger partial charge in [-0.15, -0.1) is 0 Å². The van der Waals surface area contributed by atoms with E-state index in [1.807, 2.05) is 47.6 Å². The van der Waals surface area contributed by atoms with E-state index in [0.29, 0.717) is 17.0 Å². The molecule has 0 aromatic heterocycles. The number of anilines is 1. The van der Waals surface area contributed by atoms with E-state index in [9.17, 15) is 4.79 Å². The van der Waals surface area contributed by atoms with Crippen LogP contribution in [0.1, 0.15) is 16.8 Å². The molecule has 2 aromatic carbocycles. The number of Topliss-reactive ketones (excluding diaryl/α,β-unsaturated/α-hetero) is 1. The molecular weight excluding hydrogens is 294 g/mol. The third-order valence-electron chi connectivity index (χ3n) is 3.63. The fourth-order valence-electron chi connectivity index (χ4n) is 2.40. The normalized spacial score (nSPS) is 14.3. The maximum Gasteiger partial charge on any atom is 0.163 e. The number of para-hydroxylation sites is 1. The highest BCUT2D eigenvalue weighted by Crippen LogP contribution is 2.22. The molecule has 0 fully saturated rings. The van der Waals surface area contributed by atoms with E-state index >= 15 is 0 Å². The van der Waals surface area contributed by atoms with Gasteiger partial charge in [0.1, 0.15) is 0 Å². The van der Waals surface area contributed by atoms with Gasteiger partial charge >= 0.3 is 0 Å². The van der Waals surface area contributed by atoms with Gasteiger partial charge in [-0.3, -0.25) is 4.79 Å². The molecule has 0 atom stereocenters. The summed E-state index contributed by atoms with van der Waals surface area (Å²) < 4.78 is 0. The second-order valence-electron chi connectivity index (χ2n) is 5.22. The van der Waals surface area contributed by atoms with Crippen molar-refractivity contribution in [1.29, 1.82) is 0 Å². The number of rotatable bonds is 4. The minimum atomic E-state index is 0.128. The molecule has 0 radical (unpaired) electrons. The molecule has 110 valence electrons. The number of hydrogen-bond donors (Lipinski definition) is 0. The molecule has 0 aliphatic carbocycles. The number of carbonyl (C=O) groups excluding carboxylic acids is 1. The van der Waals surface area contributed by atoms with Gasteiger partial charge in [0, 0.05) is 41.0 Å². The summed E-state index contributed by atoms with van der Waals surface area (Å²) in [4.78, 5) is 14.3. The highest BCUT2D eigenvalue weighted by molar-refractivity contribution is 6.30. The van der Waals surface area contributed by atoms with Crippen LogP contribution in [-0.4, -0.2) is 5.78 Å². The van der Waals surface area contributed by atoms with Gasteiger partial charge in [0.25, 0.3) is 0 Å². The Morgan fingerprint density at radius 2 is 1.59 bits per heavy atom. The Morgan fingerprint density at radius 3 is 2.23 bits per heavy atom. The third kappa shape index (κ3) is 3.46. The minimum absolute atomic E-state index is 0.128. The van der Waals surface area contributed by atoms with Crippen molar-refractivity contribution in [2.24, 2.45) is 5.92 Å². The Bertz CT molecular complexity index is 690. The van der Waals surface area contributed by atoms with Crippen molar-refractivity contribution < 1.29 is 4.79 Å². The SMILES string of the molecule is O=C(CC1C=CN(c2ccccc2)C=C1)c1ccc(Cl)cc1. The first-order valence-corrected chi connectivity index (χ1v) is 7.59. The van der Waals surface area contributed by atoms with E-state index in [1.54, 1.807) is 24.3 Å². The number of carbonyl (C=O) groups is 1. The van der Waals surface area contributed by atoms with Crippen LogP contribution >= 0.6 is 11.6 Å². The second-order valence-corrected chi connectivity index (χ2v) is 5.66. The van der Waals surface area contributed by atoms with Gasteiger partial charge in [-0.1, -0.05) is 42.0 Å². The fourth-order valence-corrected chi connectivity index (χ4v) is 2.52. The average molecular weight is 310 g/mol. The molecule has 0 unspecified atom stereocenters. The zero-order valence-electron chi connectivity index (χ0n) is 12.0. The van der Waals surface area contributed by atoms with E-state index in [0.717, 1.165) is 5.69 Å². The van der Waals surface area contributed by atoms with E-state index in [4.69, 9.17) is 11.6 Å². The summed E-state index contributed by atoms with van der Waals surface area (Å²) in [6.45, 7) is 0. The number of benzene rings is 2. The fraction of sp³-hybridized carbons (Fsp3) is 0.105. The summed E-state index contributed by atoms with van der Waals surface area (Å²) in [6, 6.07) is 17.2. The summed E-state index contributed by atoms with van der Waals surface area (Å²) in [5.41, 5.74) is 1.81. The first-order valence-electron chi connectivity index (χ1n) is 7.21. The lowest BCUT2D eigenvalue weighted by Gasteiger charge is -2.21. The van der Waals surface area contributed by atoms with Crippen molar-refractivity contribution in [1.82, 2.24) is 0 Å². The van der Waals surface area contributed by atoms with Crippen LogP contribution in [0.4, 0.5) is 5.69 Å². The van der Waals surface area contributed by atoms with Gasteiger partial charge in [0.05, 0.1) is 0 Å². The number of halogens is 1. The molecule has 0 N–H and O–H groups in total. The van der Waals surface area contributed by atoms with Gasteiger partial charge in [-0.2, -0.15) is 0 Å². The molecule has 0 amide bonds. The molecular formula is C19H16ClNO. The minimum Gasteiger partial charge on any atom is -0.324 e. The van der Waals surface area contributed by atoms with Crippen molar-refractivity contribution in [3.05, 3.63) is 89.7 Å². The van der Waals surface area contributed by atoms with Crippen molar-refractivity contribution in [2.45, 2.75) is 6.42 Å². The summed E-state index contributed by atoms with van der Waals surface area (Å²) >= 11 is 5.84. The Kier molecular flexibility index (Phi) is 4.40. The second kappa shape index (κ2) is 6.63. The maximum absolute atomic E-state index is 12.3. The van der Waals surface area contributed by atoms with E-state index in [1.165, 1.54) is 0 Å². The van der Waals surface area contributed by atoms with Gasteiger partial charge < -0.3 is 4.90 Å². The molecule has 2 aromatic rings. The zero-order chi connectivity index (χ0) is 15.4. The highest BCUT2D eigenvalue weighted by atomic mass is 35.5. The van der Waals surface area contributed by atoms with Crippen molar-refractivity contribution in [3.8, 4) is 0 Å². The largest absolute Gasteiger partial charge is 0.324 e. The molecule has 3 rings (SSSR count). The summed E-state index contributed by atoms with van der Waals surface area (Å²) in [5, 5.41) is 0.646. The summed E-state index contributed by atoms with van der Waals surface area (Å²) in [6.07, 6.45) is 8.60. The van der Waals surface area contributed by atoms with Crippen LogP contribution in [-0.2, 0) is 0 Å². The Morgan fingerprint density at radius 1 is 0.955 bits per heavy atom. The molecule has 0 bridgehead atoms. The van der Waals surface area contributed by atoms with Gasteiger partial charge in [0.15, 0.2) is 5.78 Å². The molecule has 1 aliphatic rings. The topological polar surface area (TPSA) is 20.3 Å². The first kappa shape index (κ1) is 14.6. The molecule has 3 heteroatoms. The van der Waals surface area contributed by atoms with E-state index in [-0.39, 0.29) is 11.7 Å². The van der Waals surface area contributed by atoms with Crippen molar-refractivity contribution in [2.75, 3.05) is 4.90 Å². The number of allylic oxidation sites excluding steroid dienone is 2. The van der Waals surface area contributed by atoms with Crippen LogP contribution in [0.2, 0.25) is 5.02 Å². The number of nitrogens with zero attached hydrogens (tertiary/aromatic N) is 1. The van der Waals surface area contributed by atoms with Crippen LogP contribution in [0.15, 0.2) is 79.1 Å². The van der Waals surface area contributed by atoms with Crippen LogP contribution in [0.25, 0.3) is 0 Å². The third-order valence-corrected chi connectivity index (χ3v) is 3.88. The van der Waals surface area contributed by atoms with E-state index in [2.05, 4.69) is 12.2 Å². The van der Waals surface area contributed by atoms with Crippen LogP contribution in [0, 0.1) is 5.92 Å².